The minimum atomic E-state index is -3.83. The zero-order valence-electron chi connectivity index (χ0n) is 12.1. The Kier molecular flexibility index (Phi) is 4.41. The first-order valence-electron chi connectivity index (χ1n) is 6.83. The third kappa shape index (κ3) is 3.47. The van der Waals surface area contributed by atoms with E-state index in [1.807, 2.05) is 13.8 Å². The molecule has 0 amide bonds. The van der Waals surface area contributed by atoms with Gasteiger partial charge in [0.05, 0.1) is 17.1 Å². The lowest BCUT2D eigenvalue weighted by molar-refractivity contribution is -0.134. The molecule has 116 valence electrons. The van der Waals surface area contributed by atoms with Gasteiger partial charge in [0.25, 0.3) is 0 Å². The summed E-state index contributed by atoms with van der Waals surface area (Å²) in [6.07, 6.45) is 0.962. The molecule has 6 nitrogen and oxygen atoms in total. The normalized spacial score (nSPS) is 18.0. The number of carbonyl (C=O) groups is 1. The van der Waals surface area contributed by atoms with Crippen LogP contribution in [0.3, 0.4) is 0 Å². The van der Waals surface area contributed by atoms with Crippen molar-refractivity contribution in [3.63, 3.8) is 0 Å². The molecule has 0 aliphatic carbocycles. The minimum absolute atomic E-state index is 0.0166. The number of fused-ring (bicyclic) bond motifs is 1. The number of benzene rings is 1. The lowest BCUT2D eigenvalue weighted by atomic mass is 10.2. The third-order valence-corrected chi connectivity index (χ3v) is 4.84. The molecular formula is C14H19NO5S. The van der Waals surface area contributed by atoms with Crippen LogP contribution in [0.25, 0.3) is 0 Å². The van der Waals surface area contributed by atoms with Crippen LogP contribution in [-0.4, -0.2) is 44.4 Å². The van der Waals surface area contributed by atoms with Gasteiger partial charge in [-0.05, 0) is 31.5 Å². The molecule has 1 heterocycles. The summed E-state index contributed by atoms with van der Waals surface area (Å²) in [5.41, 5.74) is 0.710. The minimum Gasteiger partial charge on any atom is -0.487 e. The van der Waals surface area contributed by atoms with E-state index in [4.69, 9.17) is 9.84 Å². The van der Waals surface area contributed by atoms with Crippen molar-refractivity contribution in [1.82, 2.24) is 0 Å². The Balaban J connectivity index is 2.41. The van der Waals surface area contributed by atoms with Gasteiger partial charge in [0.1, 0.15) is 11.9 Å². The number of carboxylic acid groups (broad SMARTS) is 1. The largest absolute Gasteiger partial charge is 0.487 e. The molecule has 0 fully saturated rings. The summed E-state index contributed by atoms with van der Waals surface area (Å²) in [5.74, 6) is -1.63. The molecule has 1 aromatic carbocycles. The topological polar surface area (TPSA) is 83.9 Å². The molecule has 0 aromatic heterocycles. The van der Waals surface area contributed by atoms with Gasteiger partial charge in [-0.3, -0.25) is 4.79 Å². The van der Waals surface area contributed by atoms with Gasteiger partial charge in [0, 0.05) is 6.54 Å². The van der Waals surface area contributed by atoms with Gasteiger partial charge in [0.15, 0.2) is 15.6 Å². The summed E-state index contributed by atoms with van der Waals surface area (Å²) >= 11 is 0. The van der Waals surface area contributed by atoms with Crippen LogP contribution in [0.15, 0.2) is 23.1 Å². The van der Waals surface area contributed by atoms with Crippen LogP contribution in [0.4, 0.5) is 5.69 Å². The molecular weight excluding hydrogens is 294 g/mol. The number of anilines is 1. The van der Waals surface area contributed by atoms with Crippen molar-refractivity contribution in [1.29, 1.82) is 0 Å². The van der Waals surface area contributed by atoms with Gasteiger partial charge in [0.2, 0.25) is 0 Å². The van der Waals surface area contributed by atoms with E-state index in [1.165, 1.54) is 12.1 Å². The van der Waals surface area contributed by atoms with Gasteiger partial charge < -0.3 is 14.7 Å². The van der Waals surface area contributed by atoms with Crippen molar-refractivity contribution < 1.29 is 23.1 Å². The van der Waals surface area contributed by atoms with Gasteiger partial charge >= 0.3 is 5.97 Å². The fraction of sp³-hybridized carbons (Fsp3) is 0.500. The van der Waals surface area contributed by atoms with Gasteiger partial charge in [-0.1, -0.05) is 6.92 Å². The Bertz CT molecular complexity index is 641. The maximum absolute atomic E-state index is 12.0. The second kappa shape index (κ2) is 5.93. The lowest BCUT2D eigenvalue weighted by Gasteiger charge is -2.35. The molecule has 0 saturated heterocycles. The Labute approximate surface area is 124 Å². The predicted molar refractivity (Wildman–Crippen MR) is 78.7 cm³/mol. The molecule has 7 heteroatoms. The van der Waals surface area contributed by atoms with E-state index in [0.29, 0.717) is 18.0 Å². The van der Waals surface area contributed by atoms with E-state index in [0.717, 1.165) is 13.0 Å². The Morgan fingerprint density at radius 2 is 2.19 bits per heavy atom. The van der Waals surface area contributed by atoms with E-state index < -0.39 is 21.6 Å². The average molecular weight is 313 g/mol. The highest BCUT2D eigenvalue weighted by Crippen LogP contribution is 2.35. The van der Waals surface area contributed by atoms with E-state index in [2.05, 4.69) is 4.90 Å². The highest BCUT2D eigenvalue weighted by atomic mass is 32.2. The van der Waals surface area contributed by atoms with Crippen LogP contribution >= 0.6 is 0 Å². The van der Waals surface area contributed by atoms with Crippen molar-refractivity contribution in [2.45, 2.75) is 31.3 Å². The summed E-state index contributed by atoms with van der Waals surface area (Å²) in [4.78, 5) is 12.8. The van der Waals surface area contributed by atoms with Crippen molar-refractivity contribution in [2.75, 3.05) is 23.7 Å². The smallest absolute Gasteiger partial charge is 0.319 e. The first-order valence-corrected chi connectivity index (χ1v) is 8.49. The fourth-order valence-electron chi connectivity index (χ4n) is 2.43. The number of sulfone groups is 1. The highest BCUT2D eigenvalue weighted by Gasteiger charge is 2.26. The molecule has 0 saturated carbocycles. The molecule has 1 unspecified atom stereocenters. The monoisotopic (exact) mass is 313 g/mol. The van der Waals surface area contributed by atoms with Gasteiger partial charge in [-0.25, -0.2) is 8.42 Å². The van der Waals surface area contributed by atoms with Crippen LogP contribution < -0.4 is 9.64 Å². The number of hydrogen-bond donors (Lipinski definition) is 1. The van der Waals surface area contributed by atoms with Gasteiger partial charge in [-0.15, -0.1) is 0 Å². The molecule has 1 N–H and O–H groups in total. The molecule has 1 aromatic rings. The maximum atomic E-state index is 12.0. The van der Waals surface area contributed by atoms with Crippen molar-refractivity contribution in [2.24, 2.45) is 0 Å². The van der Waals surface area contributed by atoms with Crippen molar-refractivity contribution in [3.05, 3.63) is 18.2 Å². The van der Waals surface area contributed by atoms with Crippen molar-refractivity contribution in [3.8, 4) is 5.75 Å². The second-order valence-corrected chi connectivity index (χ2v) is 7.15. The molecule has 0 bridgehead atoms. The Morgan fingerprint density at radius 1 is 1.48 bits per heavy atom. The zero-order valence-corrected chi connectivity index (χ0v) is 12.9. The Hall–Kier alpha value is -1.76. The van der Waals surface area contributed by atoms with Gasteiger partial charge in [-0.2, -0.15) is 0 Å². The number of hydrogen-bond acceptors (Lipinski definition) is 5. The summed E-state index contributed by atoms with van der Waals surface area (Å²) < 4.78 is 29.7. The molecule has 0 radical (unpaired) electrons. The average Bonchev–Trinajstić information content (AvgIpc) is 2.36. The molecule has 0 spiro atoms. The number of ether oxygens (including phenoxy) is 1. The molecule has 2 rings (SSSR count). The summed E-state index contributed by atoms with van der Waals surface area (Å²) in [5, 5.41) is 8.71. The maximum Gasteiger partial charge on any atom is 0.319 e. The molecule has 21 heavy (non-hydrogen) atoms. The van der Waals surface area contributed by atoms with Crippen LogP contribution in [0.1, 0.15) is 20.3 Å². The standard InChI is InChI=1S/C14H19NO5S/c1-3-6-15-8-10(2)20-13-5-4-11(7-12(13)15)21(18,19)9-14(16)17/h4-5,7,10H,3,6,8-9H2,1-2H3,(H,16,17). The van der Waals surface area contributed by atoms with E-state index >= 15 is 0 Å². The second-order valence-electron chi connectivity index (χ2n) is 5.16. The number of aliphatic carboxylic acids is 1. The van der Waals surface area contributed by atoms with Crippen LogP contribution in [0.5, 0.6) is 5.75 Å². The first kappa shape index (κ1) is 15.6. The molecule has 1 aliphatic rings. The first-order chi connectivity index (χ1) is 9.83. The van der Waals surface area contributed by atoms with E-state index in [9.17, 15) is 13.2 Å². The summed E-state index contributed by atoms with van der Waals surface area (Å²) in [7, 11) is -3.83. The van der Waals surface area contributed by atoms with E-state index in [-0.39, 0.29) is 11.0 Å². The summed E-state index contributed by atoms with van der Waals surface area (Å²) in [6.45, 7) is 5.48. The number of carboxylic acids is 1. The van der Waals surface area contributed by atoms with Crippen molar-refractivity contribution >= 4 is 21.5 Å². The third-order valence-electron chi connectivity index (χ3n) is 3.24. The van der Waals surface area contributed by atoms with Crippen LogP contribution in [0, 0.1) is 0 Å². The Morgan fingerprint density at radius 3 is 2.81 bits per heavy atom. The number of rotatable bonds is 5. The quantitative estimate of drug-likeness (QED) is 0.888. The molecule has 1 atom stereocenters. The zero-order chi connectivity index (χ0) is 15.6. The lowest BCUT2D eigenvalue weighted by Crippen LogP contribution is -2.38. The van der Waals surface area contributed by atoms with Crippen LogP contribution in [0.2, 0.25) is 0 Å². The number of nitrogens with zero attached hydrogens (tertiary/aromatic N) is 1. The predicted octanol–water partition coefficient (Wildman–Crippen LogP) is 1.54. The fourth-order valence-corrected chi connectivity index (χ4v) is 3.49. The van der Waals surface area contributed by atoms with Crippen LogP contribution in [-0.2, 0) is 14.6 Å². The summed E-state index contributed by atoms with van der Waals surface area (Å²) in [6, 6.07) is 4.51. The molecule has 1 aliphatic heterocycles. The van der Waals surface area contributed by atoms with E-state index in [1.54, 1.807) is 6.07 Å². The SMILES string of the molecule is CCCN1CC(C)Oc2ccc(S(=O)(=O)CC(=O)O)cc21. The highest BCUT2D eigenvalue weighted by molar-refractivity contribution is 7.92.